The lowest BCUT2D eigenvalue weighted by molar-refractivity contribution is 0.966. The van der Waals surface area contributed by atoms with E-state index in [1.54, 1.807) is 6.20 Å². The molecule has 0 aliphatic carbocycles. The molecule has 4 rings (SSSR count). The van der Waals surface area contributed by atoms with E-state index >= 15 is 0 Å². The van der Waals surface area contributed by atoms with Crippen molar-refractivity contribution >= 4 is 39.1 Å². The van der Waals surface area contributed by atoms with Crippen LogP contribution in [0.1, 0.15) is 5.56 Å². The third-order valence-corrected chi connectivity index (χ3v) is 4.43. The fraction of sp³-hybridized carbons (Fsp3) is 0.111. The number of hydrogen-bond donors (Lipinski definition) is 1. The lowest BCUT2D eigenvalue weighted by atomic mass is 10.2. The predicted octanol–water partition coefficient (Wildman–Crippen LogP) is 4.68. The molecule has 0 unspecified atom stereocenters. The van der Waals surface area contributed by atoms with E-state index in [1.807, 2.05) is 30.3 Å². The molecule has 0 atom stereocenters. The van der Waals surface area contributed by atoms with Crippen molar-refractivity contribution in [3.05, 3.63) is 70.8 Å². The summed E-state index contributed by atoms with van der Waals surface area (Å²) < 4.78 is 1.05. The van der Waals surface area contributed by atoms with Crippen molar-refractivity contribution in [2.75, 3.05) is 16.8 Å². The maximum absolute atomic E-state index is 4.66. The molecular weight excluding hydrogens is 352 g/mol. The molecule has 0 fully saturated rings. The van der Waals surface area contributed by atoms with E-state index in [9.17, 15) is 0 Å². The lowest BCUT2D eigenvalue weighted by Crippen LogP contribution is -2.15. The molecule has 0 amide bonds. The summed E-state index contributed by atoms with van der Waals surface area (Å²) in [7, 11) is 0. The molecule has 3 aromatic rings. The highest BCUT2D eigenvalue weighted by Crippen LogP contribution is 2.33. The fourth-order valence-corrected chi connectivity index (χ4v) is 3.06. The van der Waals surface area contributed by atoms with Gasteiger partial charge in [0.1, 0.15) is 5.82 Å². The SMILES string of the molecule is Brc1ccc(Nc2nccc(N3CCc4ccccc43)n2)cc1. The Morgan fingerprint density at radius 3 is 2.70 bits per heavy atom. The van der Waals surface area contributed by atoms with E-state index in [0.29, 0.717) is 5.95 Å². The van der Waals surface area contributed by atoms with Gasteiger partial charge >= 0.3 is 0 Å². The predicted molar refractivity (Wildman–Crippen MR) is 96.6 cm³/mol. The van der Waals surface area contributed by atoms with Gasteiger partial charge in [-0.15, -0.1) is 0 Å². The number of fused-ring (bicyclic) bond motifs is 1. The first-order valence-electron chi connectivity index (χ1n) is 7.51. The first-order valence-corrected chi connectivity index (χ1v) is 8.30. The van der Waals surface area contributed by atoms with Gasteiger partial charge in [0.05, 0.1) is 0 Å². The standard InChI is InChI=1S/C18H15BrN4/c19-14-5-7-15(8-6-14)21-18-20-11-9-17(22-18)23-12-10-13-3-1-2-4-16(13)23/h1-9,11H,10,12H2,(H,20,21,22). The Balaban J connectivity index is 1.61. The van der Waals surface area contributed by atoms with E-state index < -0.39 is 0 Å². The summed E-state index contributed by atoms with van der Waals surface area (Å²) in [5, 5.41) is 3.25. The van der Waals surface area contributed by atoms with Crippen molar-refractivity contribution in [2.24, 2.45) is 0 Å². The Labute approximate surface area is 143 Å². The second kappa shape index (κ2) is 6.01. The zero-order valence-corrected chi connectivity index (χ0v) is 14.0. The molecule has 0 saturated carbocycles. The van der Waals surface area contributed by atoms with Gasteiger partial charge in [0.25, 0.3) is 0 Å². The number of aromatic nitrogens is 2. The summed E-state index contributed by atoms with van der Waals surface area (Å²) in [6.07, 6.45) is 2.85. The van der Waals surface area contributed by atoms with Gasteiger partial charge in [0.15, 0.2) is 0 Å². The van der Waals surface area contributed by atoms with Gasteiger partial charge in [0, 0.05) is 28.6 Å². The smallest absolute Gasteiger partial charge is 0.229 e. The molecule has 1 aliphatic heterocycles. The molecule has 4 nitrogen and oxygen atoms in total. The number of rotatable bonds is 3. The lowest BCUT2D eigenvalue weighted by Gasteiger charge is -2.18. The Morgan fingerprint density at radius 1 is 1.00 bits per heavy atom. The highest BCUT2D eigenvalue weighted by Gasteiger charge is 2.20. The van der Waals surface area contributed by atoms with Crippen LogP contribution >= 0.6 is 15.9 Å². The van der Waals surface area contributed by atoms with Gasteiger partial charge in [-0.05, 0) is 48.4 Å². The van der Waals surface area contributed by atoms with Crippen LogP contribution in [0.15, 0.2) is 65.3 Å². The molecule has 0 spiro atoms. The zero-order chi connectivity index (χ0) is 15.6. The van der Waals surface area contributed by atoms with Gasteiger partial charge in [-0.2, -0.15) is 4.98 Å². The minimum absolute atomic E-state index is 0.606. The largest absolute Gasteiger partial charge is 0.326 e. The van der Waals surface area contributed by atoms with Crippen molar-refractivity contribution in [2.45, 2.75) is 6.42 Å². The summed E-state index contributed by atoms with van der Waals surface area (Å²) in [6, 6.07) is 18.4. The second-order valence-corrected chi connectivity index (χ2v) is 6.32. The Kier molecular flexibility index (Phi) is 3.71. The third-order valence-electron chi connectivity index (χ3n) is 3.90. The molecule has 23 heavy (non-hydrogen) atoms. The molecular formula is C18H15BrN4. The summed E-state index contributed by atoms with van der Waals surface area (Å²) in [5.74, 6) is 1.53. The summed E-state index contributed by atoms with van der Waals surface area (Å²) in [6.45, 7) is 0.952. The molecule has 1 aliphatic rings. The number of halogens is 1. The van der Waals surface area contributed by atoms with Gasteiger partial charge in [-0.25, -0.2) is 4.98 Å². The maximum Gasteiger partial charge on any atom is 0.229 e. The molecule has 1 N–H and O–H groups in total. The molecule has 1 aromatic heterocycles. The number of benzene rings is 2. The van der Waals surface area contributed by atoms with Crippen LogP contribution in [0, 0.1) is 0 Å². The van der Waals surface area contributed by atoms with E-state index in [2.05, 4.69) is 60.4 Å². The summed E-state index contributed by atoms with van der Waals surface area (Å²) in [4.78, 5) is 11.2. The van der Waals surface area contributed by atoms with Gasteiger partial charge in [-0.1, -0.05) is 34.1 Å². The summed E-state index contributed by atoms with van der Waals surface area (Å²) in [5.41, 5.74) is 3.57. The van der Waals surface area contributed by atoms with Crippen molar-refractivity contribution in [3.63, 3.8) is 0 Å². The second-order valence-electron chi connectivity index (χ2n) is 5.40. The first-order chi connectivity index (χ1) is 11.3. The molecule has 0 bridgehead atoms. The van der Waals surface area contributed by atoms with Crippen LogP contribution in [-0.2, 0) is 6.42 Å². The van der Waals surface area contributed by atoms with Crippen LogP contribution in [-0.4, -0.2) is 16.5 Å². The van der Waals surface area contributed by atoms with Crippen molar-refractivity contribution < 1.29 is 0 Å². The van der Waals surface area contributed by atoms with Crippen LogP contribution in [0.2, 0.25) is 0 Å². The van der Waals surface area contributed by atoms with Crippen molar-refractivity contribution in [1.82, 2.24) is 9.97 Å². The average molecular weight is 367 g/mol. The first kappa shape index (κ1) is 14.2. The molecule has 2 aromatic carbocycles. The number of para-hydroxylation sites is 1. The normalized spacial score (nSPS) is 13.0. The fourth-order valence-electron chi connectivity index (χ4n) is 2.80. The number of anilines is 4. The Bertz CT molecular complexity index is 832. The van der Waals surface area contributed by atoms with Crippen LogP contribution in [0.3, 0.4) is 0 Å². The molecule has 114 valence electrons. The monoisotopic (exact) mass is 366 g/mol. The Morgan fingerprint density at radius 2 is 1.83 bits per heavy atom. The van der Waals surface area contributed by atoms with Gasteiger partial charge < -0.3 is 10.2 Å². The third kappa shape index (κ3) is 2.92. The number of nitrogens with zero attached hydrogens (tertiary/aromatic N) is 3. The molecule has 0 saturated heterocycles. The van der Waals surface area contributed by atoms with E-state index in [0.717, 1.165) is 28.9 Å². The topological polar surface area (TPSA) is 41.1 Å². The molecule has 2 heterocycles. The average Bonchev–Trinajstić information content (AvgIpc) is 3.01. The number of hydrogen-bond acceptors (Lipinski definition) is 4. The zero-order valence-electron chi connectivity index (χ0n) is 12.4. The van der Waals surface area contributed by atoms with Crippen LogP contribution in [0.5, 0.6) is 0 Å². The molecule has 0 radical (unpaired) electrons. The minimum Gasteiger partial charge on any atom is -0.326 e. The minimum atomic E-state index is 0.606. The van der Waals surface area contributed by atoms with Crippen LogP contribution in [0.4, 0.5) is 23.1 Å². The van der Waals surface area contributed by atoms with Gasteiger partial charge in [-0.3, -0.25) is 0 Å². The van der Waals surface area contributed by atoms with Crippen molar-refractivity contribution in [3.8, 4) is 0 Å². The van der Waals surface area contributed by atoms with Crippen LogP contribution in [0.25, 0.3) is 0 Å². The van der Waals surface area contributed by atoms with Gasteiger partial charge in [0.2, 0.25) is 5.95 Å². The highest BCUT2D eigenvalue weighted by molar-refractivity contribution is 9.10. The van der Waals surface area contributed by atoms with E-state index in [-0.39, 0.29) is 0 Å². The number of nitrogens with one attached hydrogen (secondary N) is 1. The summed E-state index contributed by atoms with van der Waals surface area (Å²) >= 11 is 3.44. The Hall–Kier alpha value is -2.40. The van der Waals surface area contributed by atoms with E-state index in [4.69, 9.17) is 0 Å². The molecule has 5 heteroatoms. The highest BCUT2D eigenvalue weighted by atomic mass is 79.9. The maximum atomic E-state index is 4.66. The quantitative estimate of drug-likeness (QED) is 0.730. The van der Waals surface area contributed by atoms with Crippen LogP contribution < -0.4 is 10.2 Å². The van der Waals surface area contributed by atoms with Crippen molar-refractivity contribution in [1.29, 1.82) is 0 Å². The van der Waals surface area contributed by atoms with E-state index in [1.165, 1.54) is 11.3 Å².